The Hall–Kier alpha value is -3.73. The standard InChI is InChI=1S/C25H23NO4/c1-28-22-11-5-10-20(17-22)25(27)26(14-6-9-19-7-3-2-4-8-19)21-12-13-23-24(18-21)30-16-15-29-23/h2-13,17-18H,14-16H2,1H3. The van der Waals surface area contributed by atoms with Crippen LogP contribution >= 0.6 is 0 Å². The highest BCUT2D eigenvalue weighted by Crippen LogP contribution is 2.34. The van der Waals surface area contributed by atoms with Gasteiger partial charge in [0.2, 0.25) is 0 Å². The zero-order chi connectivity index (χ0) is 20.8. The third kappa shape index (κ3) is 4.46. The molecule has 1 aliphatic heterocycles. The van der Waals surface area contributed by atoms with Gasteiger partial charge in [0.25, 0.3) is 5.91 Å². The predicted molar refractivity (Wildman–Crippen MR) is 118 cm³/mol. The Kier molecular flexibility index (Phi) is 5.99. The third-order valence-corrected chi connectivity index (χ3v) is 4.80. The molecule has 0 unspecified atom stereocenters. The highest BCUT2D eigenvalue weighted by atomic mass is 16.6. The lowest BCUT2D eigenvalue weighted by Gasteiger charge is -2.25. The maximum absolute atomic E-state index is 13.4. The van der Waals surface area contributed by atoms with Gasteiger partial charge in [-0.15, -0.1) is 0 Å². The number of anilines is 1. The van der Waals surface area contributed by atoms with E-state index in [4.69, 9.17) is 14.2 Å². The van der Waals surface area contributed by atoms with E-state index in [0.717, 1.165) is 11.3 Å². The molecule has 0 bridgehead atoms. The summed E-state index contributed by atoms with van der Waals surface area (Å²) in [6.07, 6.45) is 3.98. The molecule has 152 valence electrons. The van der Waals surface area contributed by atoms with Gasteiger partial charge in [0.1, 0.15) is 19.0 Å². The minimum Gasteiger partial charge on any atom is -0.497 e. The Morgan fingerprint density at radius 2 is 1.77 bits per heavy atom. The van der Waals surface area contributed by atoms with Crippen LogP contribution in [0.25, 0.3) is 6.08 Å². The maximum Gasteiger partial charge on any atom is 0.258 e. The minimum absolute atomic E-state index is 0.122. The molecule has 30 heavy (non-hydrogen) atoms. The molecule has 3 aromatic carbocycles. The summed E-state index contributed by atoms with van der Waals surface area (Å²) < 4.78 is 16.6. The molecular weight excluding hydrogens is 378 g/mol. The van der Waals surface area contributed by atoms with Crippen molar-refractivity contribution in [1.82, 2.24) is 0 Å². The molecule has 1 amide bonds. The highest BCUT2D eigenvalue weighted by molar-refractivity contribution is 6.06. The molecule has 0 atom stereocenters. The second-order valence-electron chi connectivity index (χ2n) is 6.79. The van der Waals surface area contributed by atoms with Crippen molar-refractivity contribution in [2.75, 3.05) is 31.8 Å². The largest absolute Gasteiger partial charge is 0.497 e. The van der Waals surface area contributed by atoms with Crippen molar-refractivity contribution in [3.05, 3.63) is 90.0 Å². The quantitative estimate of drug-likeness (QED) is 0.594. The lowest BCUT2D eigenvalue weighted by molar-refractivity contribution is 0.0989. The van der Waals surface area contributed by atoms with Gasteiger partial charge in [-0.1, -0.05) is 48.6 Å². The Morgan fingerprint density at radius 3 is 2.57 bits per heavy atom. The third-order valence-electron chi connectivity index (χ3n) is 4.80. The number of amides is 1. The normalized spacial score (nSPS) is 12.6. The molecule has 0 aromatic heterocycles. The molecule has 0 fully saturated rings. The zero-order valence-electron chi connectivity index (χ0n) is 16.8. The van der Waals surface area contributed by atoms with Crippen LogP contribution < -0.4 is 19.1 Å². The van der Waals surface area contributed by atoms with E-state index in [9.17, 15) is 4.79 Å². The first kappa shape index (κ1) is 19.6. The number of hydrogen-bond donors (Lipinski definition) is 0. The summed E-state index contributed by atoms with van der Waals surface area (Å²) in [7, 11) is 1.59. The van der Waals surface area contributed by atoms with Crippen molar-refractivity contribution in [2.45, 2.75) is 0 Å². The highest BCUT2D eigenvalue weighted by Gasteiger charge is 2.20. The topological polar surface area (TPSA) is 48.0 Å². The summed E-state index contributed by atoms with van der Waals surface area (Å²) >= 11 is 0. The number of fused-ring (bicyclic) bond motifs is 1. The number of hydrogen-bond acceptors (Lipinski definition) is 4. The molecule has 0 saturated heterocycles. The van der Waals surface area contributed by atoms with Crippen molar-refractivity contribution in [3.8, 4) is 17.2 Å². The molecule has 0 N–H and O–H groups in total. The molecule has 5 heteroatoms. The van der Waals surface area contributed by atoms with Gasteiger partial charge in [-0.3, -0.25) is 4.79 Å². The van der Waals surface area contributed by atoms with E-state index < -0.39 is 0 Å². The Bertz CT molecular complexity index is 1050. The first-order valence-corrected chi connectivity index (χ1v) is 9.82. The van der Waals surface area contributed by atoms with E-state index in [-0.39, 0.29) is 5.91 Å². The number of methoxy groups -OCH3 is 1. The number of ether oxygens (including phenoxy) is 3. The van der Waals surface area contributed by atoms with E-state index in [1.165, 1.54) is 0 Å². The van der Waals surface area contributed by atoms with Crippen LogP contribution in [-0.2, 0) is 0 Å². The van der Waals surface area contributed by atoms with E-state index in [2.05, 4.69) is 0 Å². The average molecular weight is 401 g/mol. The number of benzene rings is 3. The second kappa shape index (κ2) is 9.18. The number of carbonyl (C=O) groups is 1. The van der Waals surface area contributed by atoms with E-state index in [0.29, 0.717) is 42.6 Å². The van der Waals surface area contributed by atoms with Crippen molar-refractivity contribution in [1.29, 1.82) is 0 Å². The van der Waals surface area contributed by atoms with Crippen molar-refractivity contribution >= 4 is 17.7 Å². The second-order valence-corrected chi connectivity index (χ2v) is 6.79. The fourth-order valence-electron chi connectivity index (χ4n) is 3.28. The van der Waals surface area contributed by atoms with Crippen LogP contribution in [0, 0.1) is 0 Å². The molecule has 3 aromatic rings. The zero-order valence-corrected chi connectivity index (χ0v) is 16.8. The van der Waals surface area contributed by atoms with Crippen LogP contribution in [0.2, 0.25) is 0 Å². The SMILES string of the molecule is COc1cccc(C(=O)N(CC=Cc2ccccc2)c2ccc3c(c2)OCCO3)c1. The van der Waals surface area contributed by atoms with Gasteiger partial charge in [0.15, 0.2) is 11.5 Å². The van der Waals surface area contributed by atoms with Gasteiger partial charge in [0, 0.05) is 23.9 Å². The van der Waals surface area contributed by atoms with Crippen molar-refractivity contribution in [3.63, 3.8) is 0 Å². The number of nitrogens with zero attached hydrogens (tertiary/aromatic N) is 1. The van der Waals surface area contributed by atoms with Gasteiger partial charge < -0.3 is 19.1 Å². The molecule has 5 nitrogen and oxygen atoms in total. The number of rotatable bonds is 6. The fourth-order valence-corrected chi connectivity index (χ4v) is 3.28. The summed E-state index contributed by atoms with van der Waals surface area (Å²) in [6.45, 7) is 1.43. The van der Waals surface area contributed by atoms with E-state index in [1.54, 1.807) is 24.1 Å². The molecule has 1 aliphatic rings. The molecule has 0 saturated carbocycles. The molecule has 4 rings (SSSR count). The van der Waals surface area contributed by atoms with Crippen LogP contribution in [-0.4, -0.2) is 32.8 Å². The van der Waals surface area contributed by atoms with Crippen LogP contribution in [0.15, 0.2) is 78.9 Å². The van der Waals surface area contributed by atoms with Gasteiger partial charge in [-0.05, 0) is 35.9 Å². The fraction of sp³-hybridized carbons (Fsp3) is 0.160. The predicted octanol–water partition coefficient (Wildman–Crippen LogP) is 4.83. The molecule has 0 spiro atoms. The van der Waals surface area contributed by atoms with Gasteiger partial charge in [-0.2, -0.15) is 0 Å². The molecule has 1 heterocycles. The minimum atomic E-state index is -0.122. The summed E-state index contributed by atoms with van der Waals surface area (Å²) in [4.78, 5) is 15.1. The molecule has 0 radical (unpaired) electrons. The summed E-state index contributed by atoms with van der Waals surface area (Å²) in [5.41, 5.74) is 2.37. The summed E-state index contributed by atoms with van der Waals surface area (Å²) in [5.74, 6) is 1.86. The summed E-state index contributed by atoms with van der Waals surface area (Å²) in [6, 6.07) is 22.7. The molecule has 0 aliphatic carbocycles. The van der Waals surface area contributed by atoms with Crippen LogP contribution in [0.4, 0.5) is 5.69 Å². The van der Waals surface area contributed by atoms with E-state index >= 15 is 0 Å². The first-order chi connectivity index (χ1) is 14.7. The first-order valence-electron chi connectivity index (χ1n) is 9.82. The Balaban J connectivity index is 1.65. The molecular formula is C25H23NO4. The lowest BCUT2D eigenvalue weighted by Crippen LogP contribution is -2.31. The average Bonchev–Trinajstić information content (AvgIpc) is 2.82. The number of carbonyl (C=O) groups excluding carboxylic acids is 1. The van der Waals surface area contributed by atoms with Crippen LogP contribution in [0.1, 0.15) is 15.9 Å². The van der Waals surface area contributed by atoms with Crippen molar-refractivity contribution in [2.24, 2.45) is 0 Å². The Labute approximate surface area is 176 Å². The van der Waals surface area contributed by atoms with Crippen molar-refractivity contribution < 1.29 is 19.0 Å². The Morgan fingerprint density at radius 1 is 0.967 bits per heavy atom. The monoisotopic (exact) mass is 401 g/mol. The maximum atomic E-state index is 13.4. The van der Waals surface area contributed by atoms with Gasteiger partial charge in [-0.25, -0.2) is 0 Å². The smallest absolute Gasteiger partial charge is 0.258 e. The van der Waals surface area contributed by atoms with Gasteiger partial charge in [0.05, 0.1) is 7.11 Å². The van der Waals surface area contributed by atoms with Gasteiger partial charge >= 0.3 is 0 Å². The van der Waals surface area contributed by atoms with E-state index in [1.807, 2.05) is 72.8 Å². The van der Waals surface area contributed by atoms with Crippen LogP contribution in [0.3, 0.4) is 0 Å². The lowest BCUT2D eigenvalue weighted by atomic mass is 10.1. The summed E-state index contributed by atoms with van der Waals surface area (Å²) in [5, 5.41) is 0. The van der Waals surface area contributed by atoms with Crippen LogP contribution in [0.5, 0.6) is 17.2 Å².